The van der Waals surface area contributed by atoms with E-state index >= 15 is 0 Å². The average molecular weight is 1020 g/mol. The molecule has 0 bridgehead atoms. The Labute approximate surface area is 442 Å². The topological polar surface area (TPSA) is 77.5 Å². The molecule has 0 spiro atoms. The normalized spacial score (nSPS) is 12.7. The Bertz CT molecular complexity index is 2790. The minimum atomic E-state index is -3.79. The van der Waals surface area contributed by atoms with Crippen molar-refractivity contribution in [1.82, 2.24) is 0 Å². The maximum absolute atomic E-state index is 13.9. The summed E-state index contributed by atoms with van der Waals surface area (Å²) >= 11 is 0. The van der Waals surface area contributed by atoms with Gasteiger partial charge in [0.2, 0.25) is 19.7 Å². The predicted molar refractivity (Wildman–Crippen MR) is 306 cm³/mol. The number of ether oxygens (including phenoxy) is 1. The highest BCUT2D eigenvalue weighted by Crippen LogP contribution is 2.55. The van der Waals surface area contributed by atoms with Gasteiger partial charge >= 0.3 is 0 Å². The lowest BCUT2D eigenvalue weighted by Gasteiger charge is -2.33. The Morgan fingerprint density at radius 3 is 1.12 bits per heavy atom. The summed E-state index contributed by atoms with van der Waals surface area (Å²) in [5.74, 6) is 0.882. The van der Waals surface area contributed by atoms with Crippen LogP contribution in [0.25, 0.3) is 11.1 Å². The van der Waals surface area contributed by atoms with E-state index in [0.717, 1.165) is 17.5 Å². The molecular formula is C66H86O5S2. The standard InChI is InChI=1S/C64H80O5S2.C2H6/c1-5-7-9-11-13-15-17-19-21-23-45-64(46-24-22-20-18-16-14-12-10-8-6-2)62-47-51(4)27-43-60(62)61-44-30-53(49-63(61)64)48-52-28-37-57(38-29-52)71(67,68)59-41-33-55(34-42-59)69-54-31-39-58(40-32-54)70(65,66)56-35-25-50(3)26-36-56;1-2/h25-44,47,49H,5-24,45-46,48H2,1-4H3;1-2H3. The molecule has 73 heavy (non-hydrogen) atoms. The van der Waals surface area contributed by atoms with Gasteiger partial charge in [-0.1, -0.05) is 228 Å². The van der Waals surface area contributed by atoms with Gasteiger partial charge in [0.25, 0.3) is 0 Å². The molecule has 0 unspecified atom stereocenters. The Morgan fingerprint density at radius 1 is 0.370 bits per heavy atom. The highest BCUT2D eigenvalue weighted by molar-refractivity contribution is 7.91. The molecule has 392 valence electrons. The van der Waals surface area contributed by atoms with Gasteiger partial charge in [-0.15, -0.1) is 0 Å². The maximum atomic E-state index is 13.9. The number of rotatable bonds is 30. The third kappa shape index (κ3) is 15.5. The molecule has 6 aromatic rings. The second kappa shape index (κ2) is 28.6. The molecule has 0 fully saturated rings. The number of aryl methyl sites for hydroxylation is 2. The number of sulfone groups is 2. The fraction of sp³-hybridized carbons (Fsp3) is 0.455. The first-order valence-corrected chi connectivity index (χ1v) is 31.2. The molecular weight excluding hydrogens is 937 g/mol. The van der Waals surface area contributed by atoms with Crippen molar-refractivity contribution in [2.45, 2.75) is 214 Å². The Kier molecular flexibility index (Phi) is 22.5. The molecule has 6 aromatic carbocycles. The van der Waals surface area contributed by atoms with Gasteiger partial charge in [0, 0.05) is 5.41 Å². The molecule has 7 heteroatoms. The van der Waals surface area contributed by atoms with E-state index in [1.165, 1.54) is 187 Å². The van der Waals surface area contributed by atoms with Gasteiger partial charge in [-0.2, -0.15) is 0 Å². The molecule has 7 rings (SSSR count). The molecule has 0 atom stereocenters. The fourth-order valence-corrected chi connectivity index (χ4v) is 13.3. The quantitative estimate of drug-likeness (QED) is 0.0420. The molecule has 1 aliphatic carbocycles. The lowest BCUT2D eigenvalue weighted by molar-refractivity contribution is 0.396. The monoisotopic (exact) mass is 1020 g/mol. The summed E-state index contributed by atoms with van der Waals surface area (Å²) in [6, 6.07) is 41.1. The molecule has 0 heterocycles. The molecule has 0 saturated heterocycles. The number of hydrogen-bond acceptors (Lipinski definition) is 5. The predicted octanol–water partition coefficient (Wildman–Crippen LogP) is 19.3. The van der Waals surface area contributed by atoms with E-state index in [4.69, 9.17) is 4.74 Å². The van der Waals surface area contributed by atoms with E-state index in [-0.39, 0.29) is 25.0 Å². The largest absolute Gasteiger partial charge is 0.457 e. The van der Waals surface area contributed by atoms with E-state index in [2.05, 4.69) is 57.2 Å². The van der Waals surface area contributed by atoms with E-state index in [1.54, 1.807) is 72.8 Å². The summed E-state index contributed by atoms with van der Waals surface area (Å²) in [6.07, 6.45) is 29.8. The summed E-state index contributed by atoms with van der Waals surface area (Å²) in [6.45, 7) is 12.7. The SMILES string of the molecule is CC.CCCCCCCCCCCCC1(CCCCCCCCCCCC)c2cc(C)ccc2-c2ccc(Cc3ccc(S(=O)(=O)c4ccc(Oc5ccc(S(=O)(=O)c6ccc(C)cc6)cc5)cc4)cc3)cc21. The Hall–Kier alpha value is -4.98. The number of hydrogen-bond donors (Lipinski definition) is 0. The van der Waals surface area contributed by atoms with E-state index in [1.807, 2.05) is 32.9 Å². The molecule has 0 saturated carbocycles. The van der Waals surface area contributed by atoms with Crippen LogP contribution in [0.3, 0.4) is 0 Å². The molecule has 0 aromatic heterocycles. The smallest absolute Gasteiger partial charge is 0.206 e. The van der Waals surface area contributed by atoms with Crippen molar-refractivity contribution in [3.63, 3.8) is 0 Å². The zero-order chi connectivity index (χ0) is 52.1. The van der Waals surface area contributed by atoms with Gasteiger partial charge in [-0.3, -0.25) is 0 Å². The van der Waals surface area contributed by atoms with Crippen LogP contribution in [0.5, 0.6) is 11.5 Å². The van der Waals surface area contributed by atoms with Crippen LogP contribution in [-0.2, 0) is 31.5 Å². The number of benzene rings is 6. The van der Waals surface area contributed by atoms with Gasteiger partial charge < -0.3 is 4.74 Å². The van der Waals surface area contributed by atoms with E-state index in [0.29, 0.717) is 11.5 Å². The average Bonchev–Trinajstić information content (AvgIpc) is 3.66. The first-order valence-electron chi connectivity index (χ1n) is 28.2. The van der Waals surface area contributed by atoms with Crippen molar-refractivity contribution in [1.29, 1.82) is 0 Å². The van der Waals surface area contributed by atoms with Crippen molar-refractivity contribution in [2.75, 3.05) is 0 Å². The second-order valence-corrected chi connectivity index (χ2v) is 24.5. The number of fused-ring (bicyclic) bond motifs is 3. The van der Waals surface area contributed by atoms with E-state index in [9.17, 15) is 16.8 Å². The van der Waals surface area contributed by atoms with Crippen molar-refractivity contribution >= 4 is 19.7 Å². The van der Waals surface area contributed by atoms with Crippen molar-refractivity contribution in [3.8, 4) is 22.6 Å². The van der Waals surface area contributed by atoms with Crippen LogP contribution in [-0.4, -0.2) is 16.8 Å². The minimum Gasteiger partial charge on any atom is -0.457 e. The molecule has 0 amide bonds. The Morgan fingerprint density at radius 2 is 0.699 bits per heavy atom. The molecule has 1 aliphatic rings. The van der Waals surface area contributed by atoms with Crippen molar-refractivity contribution < 1.29 is 21.6 Å². The summed E-state index contributed by atoms with van der Waals surface area (Å²) in [5, 5.41) is 0. The highest BCUT2D eigenvalue weighted by atomic mass is 32.2. The van der Waals surface area contributed by atoms with Crippen molar-refractivity contribution in [3.05, 3.63) is 167 Å². The van der Waals surface area contributed by atoms with Crippen LogP contribution in [0.15, 0.2) is 153 Å². The molecule has 0 radical (unpaired) electrons. The second-order valence-electron chi connectivity index (χ2n) is 20.6. The fourth-order valence-electron chi connectivity index (χ4n) is 10.8. The summed E-state index contributed by atoms with van der Waals surface area (Å²) < 4.78 is 60.0. The lowest BCUT2D eigenvalue weighted by atomic mass is 9.70. The van der Waals surface area contributed by atoms with Gasteiger partial charge in [-0.05, 0) is 139 Å². The van der Waals surface area contributed by atoms with Crippen LogP contribution in [0.4, 0.5) is 0 Å². The third-order valence-corrected chi connectivity index (χ3v) is 18.5. The minimum absolute atomic E-state index is 0.00122. The van der Waals surface area contributed by atoms with Gasteiger partial charge in [0.15, 0.2) is 0 Å². The van der Waals surface area contributed by atoms with Gasteiger partial charge in [0.05, 0.1) is 19.6 Å². The van der Waals surface area contributed by atoms with Crippen LogP contribution >= 0.6 is 0 Å². The molecule has 5 nitrogen and oxygen atoms in total. The zero-order valence-corrected chi connectivity index (χ0v) is 47.0. The van der Waals surface area contributed by atoms with Crippen LogP contribution < -0.4 is 4.74 Å². The zero-order valence-electron chi connectivity index (χ0n) is 45.3. The van der Waals surface area contributed by atoms with Crippen LogP contribution in [0.1, 0.15) is 202 Å². The van der Waals surface area contributed by atoms with Gasteiger partial charge in [-0.25, -0.2) is 16.8 Å². The lowest BCUT2D eigenvalue weighted by Crippen LogP contribution is -2.26. The first kappa shape index (κ1) is 57.3. The third-order valence-electron chi connectivity index (χ3n) is 15.0. The number of unbranched alkanes of at least 4 members (excludes halogenated alkanes) is 18. The van der Waals surface area contributed by atoms with Crippen molar-refractivity contribution in [2.24, 2.45) is 0 Å². The van der Waals surface area contributed by atoms with E-state index < -0.39 is 19.7 Å². The maximum Gasteiger partial charge on any atom is 0.206 e. The van der Waals surface area contributed by atoms with Gasteiger partial charge in [0.1, 0.15) is 11.5 Å². The first-order chi connectivity index (χ1) is 35.4. The summed E-state index contributed by atoms with van der Waals surface area (Å²) in [4.78, 5) is 0.814. The summed E-state index contributed by atoms with van der Waals surface area (Å²) in [7, 11) is -7.46. The Balaban J connectivity index is 0.00000429. The summed E-state index contributed by atoms with van der Waals surface area (Å²) in [5.41, 5.74) is 10.5. The van der Waals surface area contributed by atoms with Crippen LogP contribution in [0.2, 0.25) is 0 Å². The molecule has 0 N–H and O–H groups in total. The molecule has 0 aliphatic heterocycles. The highest BCUT2D eigenvalue weighted by Gasteiger charge is 2.42. The van der Waals surface area contributed by atoms with Crippen LogP contribution in [0, 0.1) is 13.8 Å².